The first kappa shape index (κ1) is 11.8. The van der Waals surface area contributed by atoms with E-state index in [0.717, 1.165) is 18.8 Å². The molecular weight excluding hydrogens is 228 g/mol. The van der Waals surface area contributed by atoms with E-state index in [2.05, 4.69) is 19.0 Å². The number of carbonyl (C=O) groups excluding carboxylic acids is 1. The van der Waals surface area contributed by atoms with E-state index in [-0.39, 0.29) is 5.91 Å². The fourth-order valence-electron chi connectivity index (χ4n) is 2.94. The van der Waals surface area contributed by atoms with Crippen LogP contribution in [0.25, 0.3) is 0 Å². The molecule has 1 saturated heterocycles. The number of aromatic nitrogens is 1. The van der Waals surface area contributed by atoms with Gasteiger partial charge in [-0.3, -0.25) is 4.79 Å². The first-order valence-electron chi connectivity index (χ1n) is 6.89. The van der Waals surface area contributed by atoms with Crippen LogP contribution < -0.4 is 0 Å². The van der Waals surface area contributed by atoms with Crippen LogP contribution in [0.15, 0.2) is 10.6 Å². The van der Waals surface area contributed by atoms with Crippen LogP contribution in [0, 0.1) is 11.8 Å². The summed E-state index contributed by atoms with van der Waals surface area (Å²) in [4.78, 5) is 14.3. The molecular formula is C14H20N2O2. The van der Waals surface area contributed by atoms with E-state index in [1.165, 1.54) is 19.3 Å². The molecule has 0 N–H and O–H groups in total. The highest BCUT2D eigenvalue weighted by molar-refractivity contribution is 5.92. The van der Waals surface area contributed by atoms with Crippen LogP contribution in [0.2, 0.25) is 0 Å². The van der Waals surface area contributed by atoms with Gasteiger partial charge in [0, 0.05) is 25.1 Å². The third-order valence-electron chi connectivity index (χ3n) is 3.88. The van der Waals surface area contributed by atoms with Crippen LogP contribution >= 0.6 is 0 Å². The molecule has 18 heavy (non-hydrogen) atoms. The highest BCUT2D eigenvalue weighted by atomic mass is 16.5. The summed E-state index contributed by atoms with van der Waals surface area (Å²) >= 11 is 0. The largest absolute Gasteiger partial charge is 0.360 e. The van der Waals surface area contributed by atoms with Gasteiger partial charge in [-0.1, -0.05) is 19.0 Å². The van der Waals surface area contributed by atoms with Gasteiger partial charge in [0.2, 0.25) is 0 Å². The van der Waals surface area contributed by atoms with E-state index in [0.29, 0.717) is 23.4 Å². The highest BCUT2D eigenvalue weighted by Crippen LogP contribution is 2.40. The van der Waals surface area contributed by atoms with Crippen LogP contribution in [-0.2, 0) is 0 Å². The number of likely N-dealkylation sites (tertiary alicyclic amines) is 1. The normalized spacial score (nSPS) is 28.4. The third kappa shape index (κ3) is 2.28. The number of hydrogen-bond acceptors (Lipinski definition) is 3. The molecule has 0 aromatic carbocycles. The molecule has 1 aromatic rings. The molecule has 1 aliphatic heterocycles. The Hall–Kier alpha value is -1.32. The number of nitrogens with zero attached hydrogens (tertiary/aromatic N) is 2. The standard InChI is InChI=1S/C14H20N2O2/c1-9-5-10(2)8-16(7-9)14(17)12-6-13(18-15-12)11-3-4-11/h6,9-11H,3-5,7-8H2,1-2H3/t9-,10-/m0/s1. The quantitative estimate of drug-likeness (QED) is 0.808. The van der Waals surface area contributed by atoms with Crippen molar-refractivity contribution in [1.82, 2.24) is 10.1 Å². The zero-order valence-corrected chi connectivity index (χ0v) is 11.1. The van der Waals surface area contributed by atoms with Gasteiger partial charge in [0.1, 0.15) is 5.76 Å². The molecule has 4 heteroatoms. The average molecular weight is 248 g/mol. The zero-order chi connectivity index (χ0) is 12.7. The monoisotopic (exact) mass is 248 g/mol. The van der Waals surface area contributed by atoms with Gasteiger partial charge in [-0.15, -0.1) is 0 Å². The predicted octanol–water partition coefficient (Wildman–Crippen LogP) is 2.67. The maximum absolute atomic E-state index is 12.4. The average Bonchev–Trinajstić information content (AvgIpc) is 3.05. The zero-order valence-electron chi connectivity index (χ0n) is 11.1. The van der Waals surface area contributed by atoms with E-state index < -0.39 is 0 Å². The molecule has 4 nitrogen and oxygen atoms in total. The van der Waals surface area contributed by atoms with Gasteiger partial charge >= 0.3 is 0 Å². The fraction of sp³-hybridized carbons (Fsp3) is 0.714. The number of amides is 1. The molecule has 0 unspecified atom stereocenters. The Morgan fingerprint density at radius 3 is 2.61 bits per heavy atom. The Bertz CT molecular complexity index is 440. The molecule has 1 aliphatic carbocycles. The van der Waals surface area contributed by atoms with E-state index in [1.807, 2.05) is 11.0 Å². The lowest BCUT2D eigenvalue weighted by Crippen LogP contribution is -2.42. The Morgan fingerprint density at radius 1 is 1.33 bits per heavy atom. The molecule has 0 radical (unpaired) electrons. The summed E-state index contributed by atoms with van der Waals surface area (Å²) in [5, 5.41) is 3.94. The molecule has 2 aliphatic rings. The lowest BCUT2D eigenvalue weighted by molar-refractivity contribution is 0.0612. The van der Waals surface area contributed by atoms with Gasteiger partial charge in [0.25, 0.3) is 5.91 Å². The Kier molecular flexibility index (Phi) is 2.88. The summed E-state index contributed by atoms with van der Waals surface area (Å²) in [6.07, 6.45) is 3.54. The Labute approximate surface area is 107 Å². The van der Waals surface area contributed by atoms with Crippen molar-refractivity contribution in [3.63, 3.8) is 0 Å². The SMILES string of the molecule is C[C@H]1C[C@H](C)CN(C(=O)c2cc(C3CC3)on2)C1. The van der Waals surface area contributed by atoms with E-state index in [4.69, 9.17) is 4.52 Å². The van der Waals surface area contributed by atoms with Crippen molar-refractivity contribution in [3.05, 3.63) is 17.5 Å². The van der Waals surface area contributed by atoms with Crippen molar-refractivity contribution in [1.29, 1.82) is 0 Å². The summed E-state index contributed by atoms with van der Waals surface area (Å²) in [7, 11) is 0. The smallest absolute Gasteiger partial charge is 0.276 e. The second-order valence-corrected chi connectivity index (χ2v) is 6.04. The van der Waals surface area contributed by atoms with Crippen LogP contribution in [0.1, 0.15) is 55.3 Å². The van der Waals surface area contributed by atoms with Crippen LogP contribution in [-0.4, -0.2) is 29.1 Å². The predicted molar refractivity (Wildman–Crippen MR) is 67.3 cm³/mol. The summed E-state index contributed by atoms with van der Waals surface area (Å²) < 4.78 is 5.26. The van der Waals surface area contributed by atoms with Crippen molar-refractivity contribution in [2.45, 2.75) is 39.0 Å². The van der Waals surface area contributed by atoms with Crippen molar-refractivity contribution < 1.29 is 9.32 Å². The molecule has 2 atom stereocenters. The second kappa shape index (κ2) is 4.41. The Morgan fingerprint density at radius 2 is 2.00 bits per heavy atom. The molecule has 3 rings (SSSR count). The molecule has 98 valence electrons. The molecule has 1 amide bonds. The first-order chi connectivity index (χ1) is 8.63. The number of piperidine rings is 1. The summed E-state index contributed by atoms with van der Waals surface area (Å²) in [6.45, 7) is 6.09. The number of carbonyl (C=O) groups is 1. The van der Waals surface area contributed by atoms with Gasteiger partial charge in [-0.2, -0.15) is 0 Å². The Balaban J connectivity index is 1.72. The minimum atomic E-state index is 0.0315. The summed E-state index contributed by atoms with van der Waals surface area (Å²) in [5.74, 6) is 2.58. The minimum Gasteiger partial charge on any atom is -0.360 e. The lowest BCUT2D eigenvalue weighted by atomic mass is 9.92. The van der Waals surface area contributed by atoms with E-state index in [1.54, 1.807) is 0 Å². The molecule has 1 aromatic heterocycles. The van der Waals surface area contributed by atoms with Gasteiger partial charge in [-0.05, 0) is 31.1 Å². The third-order valence-corrected chi connectivity index (χ3v) is 3.88. The number of rotatable bonds is 2. The molecule has 2 heterocycles. The van der Waals surface area contributed by atoms with Gasteiger partial charge in [0.05, 0.1) is 0 Å². The van der Waals surface area contributed by atoms with Crippen molar-refractivity contribution >= 4 is 5.91 Å². The van der Waals surface area contributed by atoms with Crippen molar-refractivity contribution in [2.75, 3.05) is 13.1 Å². The van der Waals surface area contributed by atoms with Crippen LogP contribution in [0.5, 0.6) is 0 Å². The lowest BCUT2D eigenvalue weighted by Gasteiger charge is -2.34. The fourth-order valence-corrected chi connectivity index (χ4v) is 2.94. The van der Waals surface area contributed by atoms with Gasteiger partial charge in [-0.25, -0.2) is 0 Å². The number of hydrogen-bond donors (Lipinski definition) is 0. The molecule has 1 saturated carbocycles. The first-order valence-corrected chi connectivity index (χ1v) is 6.89. The topological polar surface area (TPSA) is 46.3 Å². The summed E-state index contributed by atoms with van der Waals surface area (Å²) in [5.41, 5.74) is 0.484. The molecule has 0 spiro atoms. The highest BCUT2D eigenvalue weighted by Gasteiger charge is 2.31. The second-order valence-electron chi connectivity index (χ2n) is 6.04. The van der Waals surface area contributed by atoms with Crippen molar-refractivity contribution in [3.8, 4) is 0 Å². The van der Waals surface area contributed by atoms with Crippen LogP contribution in [0.3, 0.4) is 0 Å². The van der Waals surface area contributed by atoms with E-state index in [9.17, 15) is 4.79 Å². The van der Waals surface area contributed by atoms with E-state index >= 15 is 0 Å². The van der Waals surface area contributed by atoms with Gasteiger partial charge in [0.15, 0.2) is 5.69 Å². The van der Waals surface area contributed by atoms with Crippen LogP contribution in [0.4, 0.5) is 0 Å². The summed E-state index contributed by atoms with van der Waals surface area (Å²) in [6, 6.07) is 1.84. The molecule has 2 fully saturated rings. The van der Waals surface area contributed by atoms with Gasteiger partial charge < -0.3 is 9.42 Å². The minimum absolute atomic E-state index is 0.0315. The maximum atomic E-state index is 12.4. The maximum Gasteiger partial charge on any atom is 0.276 e. The van der Waals surface area contributed by atoms with Crippen molar-refractivity contribution in [2.24, 2.45) is 11.8 Å². The molecule has 0 bridgehead atoms.